The second-order valence-electron chi connectivity index (χ2n) is 4.64. The lowest BCUT2D eigenvalue weighted by atomic mass is 9.98. The summed E-state index contributed by atoms with van der Waals surface area (Å²) in [6.45, 7) is 3.71. The van der Waals surface area contributed by atoms with Crippen LogP contribution in [0.4, 0.5) is 0 Å². The number of Topliss-reactive ketones (excluding diaryl/α,β-unsaturated/α-hetero) is 1. The van der Waals surface area contributed by atoms with E-state index < -0.39 is 0 Å². The van der Waals surface area contributed by atoms with E-state index in [-0.39, 0.29) is 5.78 Å². The Hall–Kier alpha value is -1.51. The van der Waals surface area contributed by atoms with E-state index in [1.165, 1.54) is 12.8 Å². The predicted molar refractivity (Wildman–Crippen MR) is 67.0 cm³/mol. The maximum absolute atomic E-state index is 12.4. The van der Waals surface area contributed by atoms with Gasteiger partial charge in [-0.15, -0.1) is 0 Å². The molecule has 0 amide bonds. The van der Waals surface area contributed by atoms with Crippen LogP contribution in [0.15, 0.2) is 17.7 Å². The molecular formula is C14H18N2O. The van der Waals surface area contributed by atoms with Crippen molar-refractivity contribution >= 4 is 5.78 Å². The maximum Gasteiger partial charge on any atom is 0.190 e. The molecule has 0 fully saturated rings. The van der Waals surface area contributed by atoms with Crippen LogP contribution in [-0.2, 0) is 0 Å². The quantitative estimate of drug-likeness (QED) is 0.733. The fourth-order valence-electron chi connectivity index (χ4n) is 2.17. The average molecular weight is 230 g/mol. The third kappa shape index (κ3) is 2.78. The SMILES string of the molecule is Cc1cc(C(=O)C2=CCCCCC2)c(C)nn1. The van der Waals surface area contributed by atoms with E-state index in [0.717, 1.165) is 36.2 Å². The number of hydrogen-bond donors (Lipinski definition) is 0. The van der Waals surface area contributed by atoms with Gasteiger partial charge in [-0.1, -0.05) is 12.5 Å². The van der Waals surface area contributed by atoms with E-state index >= 15 is 0 Å². The molecule has 0 saturated carbocycles. The lowest BCUT2D eigenvalue weighted by Crippen LogP contribution is -2.08. The van der Waals surface area contributed by atoms with Crippen molar-refractivity contribution < 1.29 is 4.79 Å². The summed E-state index contributed by atoms with van der Waals surface area (Å²) in [5.41, 5.74) is 3.20. The van der Waals surface area contributed by atoms with Crippen LogP contribution in [0.25, 0.3) is 0 Å². The summed E-state index contributed by atoms with van der Waals surface area (Å²) in [6.07, 6.45) is 7.57. The highest BCUT2D eigenvalue weighted by Crippen LogP contribution is 2.21. The van der Waals surface area contributed by atoms with E-state index in [9.17, 15) is 4.79 Å². The van der Waals surface area contributed by atoms with Crippen LogP contribution >= 0.6 is 0 Å². The van der Waals surface area contributed by atoms with Gasteiger partial charge in [-0.2, -0.15) is 10.2 Å². The Morgan fingerprint density at radius 2 is 2.00 bits per heavy atom. The summed E-state index contributed by atoms with van der Waals surface area (Å²) in [7, 11) is 0. The van der Waals surface area contributed by atoms with Crippen LogP contribution in [0.3, 0.4) is 0 Å². The predicted octanol–water partition coefficient (Wildman–Crippen LogP) is 3.17. The Morgan fingerprint density at radius 1 is 1.18 bits per heavy atom. The van der Waals surface area contributed by atoms with E-state index in [1.807, 2.05) is 19.9 Å². The molecule has 0 atom stereocenters. The van der Waals surface area contributed by atoms with Crippen LogP contribution in [0.1, 0.15) is 53.8 Å². The van der Waals surface area contributed by atoms with Gasteiger partial charge in [-0.05, 0) is 51.2 Å². The number of carbonyl (C=O) groups is 1. The first kappa shape index (κ1) is 12.0. The zero-order valence-corrected chi connectivity index (χ0v) is 10.5. The van der Waals surface area contributed by atoms with Crippen molar-refractivity contribution in [2.45, 2.75) is 46.0 Å². The second kappa shape index (κ2) is 5.21. The molecule has 3 heteroatoms. The molecule has 0 unspecified atom stereocenters. The molecule has 17 heavy (non-hydrogen) atoms. The van der Waals surface area contributed by atoms with Crippen molar-refractivity contribution in [1.29, 1.82) is 0 Å². The van der Waals surface area contributed by atoms with E-state index in [2.05, 4.69) is 16.3 Å². The Balaban J connectivity index is 2.29. The number of nitrogens with zero attached hydrogens (tertiary/aromatic N) is 2. The normalized spacial score (nSPS) is 16.2. The summed E-state index contributed by atoms with van der Waals surface area (Å²) in [5, 5.41) is 7.98. The summed E-state index contributed by atoms with van der Waals surface area (Å²) >= 11 is 0. The molecule has 1 aliphatic rings. The molecule has 90 valence electrons. The van der Waals surface area contributed by atoms with Gasteiger partial charge in [0.25, 0.3) is 0 Å². The van der Waals surface area contributed by atoms with Crippen molar-refractivity contribution in [1.82, 2.24) is 10.2 Å². The molecule has 1 aliphatic carbocycles. The van der Waals surface area contributed by atoms with Gasteiger partial charge in [0.2, 0.25) is 0 Å². The third-order valence-corrected chi connectivity index (χ3v) is 3.18. The zero-order valence-electron chi connectivity index (χ0n) is 10.5. The highest BCUT2D eigenvalue weighted by Gasteiger charge is 2.16. The summed E-state index contributed by atoms with van der Waals surface area (Å²) in [5.74, 6) is 0.141. The van der Waals surface area contributed by atoms with Crippen LogP contribution < -0.4 is 0 Å². The minimum atomic E-state index is 0.141. The van der Waals surface area contributed by atoms with Gasteiger partial charge in [0.1, 0.15) is 0 Å². The molecular weight excluding hydrogens is 212 g/mol. The third-order valence-electron chi connectivity index (χ3n) is 3.18. The topological polar surface area (TPSA) is 42.9 Å². The Bertz CT molecular complexity index is 463. The molecule has 0 aliphatic heterocycles. The second-order valence-corrected chi connectivity index (χ2v) is 4.64. The number of rotatable bonds is 2. The lowest BCUT2D eigenvalue weighted by Gasteiger charge is -2.07. The van der Waals surface area contributed by atoms with Gasteiger partial charge < -0.3 is 0 Å². The standard InChI is InChI=1S/C14H18N2O/c1-10-9-13(11(2)16-15-10)14(17)12-7-5-3-4-6-8-12/h7,9H,3-6,8H2,1-2H3. The molecule has 1 heterocycles. The average Bonchev–Trinajstić information content (AvgIpc) is 2.60. The van der Waals surface area contributed by atoms with Gasteiger partial charge in [0, 0.05) is 5.56 Å². The molecule has 0 spiro atoms. The Kier molecular flexibility index (Phi) is 3.67. The van der Waals surface area contributed by atoms with Crippen LogP contribution in [0.5, 0.6) is 0 Å². The number of aryl methyl sites for hydroxylation is 2. The number of carbonyl (C=O) groups excluding carboxylic acids is 1. The highest BCUT2D eigenvalue weighted by atomic mass is 16.1. The fraction of sp³-hybridized carbons (Fsp3) is 0.500. The van der Waals surface area contributed by atoms with Crippen LogP contribution in [-0.4, -0.2) is 16.0 Å². The fourth-order valence-corrected chi connectivity index (χ4v) is 2.17. The molecule has 2 rings (SSSR count). The van der Waals surface area contributed by atoms with Crippen molar-refractivity contribution in [2.75, 3.05) is 0 Å². The first-order chi connectivity index (χ1) is 8.18. The van der Waals surface area contributed by atoms with Gasteiger partial charge in [-0.25, -0.2) is 0 Å². The smallest absolute Gasteiger partial charge is 0.190 e. The van der Waals surface area contributed by atoms with Gasteiger partial charge >= 0.3 is 0 Å². The first-order valence-corrected chi connectivity index (χ1v) is 6.23. The minimum absolute atomic E-state index is 0.141. The molecule has 0 saturated heterocycles. The first-order valence-electron chi connectivity index (χ1n) is 6.23. The van der Waals surface area contributed by atoms with Crippen LogP contribution in [0, 0.1) is 13.8 Å². The van der Waals surface area contributed by atoms with Gasteiger partial charge in [-0.3, -0.25) is 4.79 Å². The molecule has 0 aromatic carbocycles. The molecule has 1 aromatic rings. The van der Waals surface area contributed by atoms with E-state index in [0.29, 0.717) is 5.56 Å². The van der Waals surface area contributed by atoms with Crippen molar-refractivity contribution in [2.24, 2.45) is 0 Å². The number of hydrogen-bond acceptors (Lipinski definition) is 3. The van der Waals surface area contributed by atoms with E-state index in [1.54, 1.807) is 0 Å². The summed E-state index contributed by atoms with van der Waals surface area (Å²) < 4.78 is 0. The van der Waals surface area contributed by atoms with Gasteiger partial charge in [0.05, 0.1) is 11.4 Å². The molecule has 1 aromatic heterocycles. The minimum Gasteiger partial charge on any atom is -0.289 e. The molecule has 0 bridgehead atoms. The van der Waals surface area contributed by atoms with E-state index in [4.69, 9.17) is 0 Å². The monoisotopic (exact) mass is 230 g/mol. The number of ketones is 1. The van der Waals surface area contributed by atoms with Crippen LogP contribution in [0.2, 0.25) is 0 Å². The summed E-state index contributed by atoms with van der Waals surface area (Å²) in [4.78, 5) is 12.4. The maximum atomic E-state index is 12.4. The van der Waals surface area contributed by atoms with Gasteiger partial charge in [0.15, 0.2) is 5.78 Å². The zero-order chi connectivity index (χ0) is 12.3. The molecule has 0 radical (unpaired) electrons. The Morgan fingerprint density at radius 3 is 2.82 bits per heavy atom. The molecule has 0 N–H and O–H groups in total. The number of allylic oxidation sites excluding steroid dienone is 2. The number of aromatic nitrogens is 2. The lowest BCUT2D eigenvalue weighted by molar-refractivity contribution is 0.102. The van der Waals surface area contributed by atoms with Crippen molar-refractivity contribution in [3.63, 3.8) is 0 Å². The highest BCUT2D eigenvalue weighted by molar-refractivity contribution is 6.09. The van der Waals surface area contributed by atoms with Crippen molar-refractivity contribution in [3.8, 4) is 0 Å². The van der Waals surface area contributed by atoms with Crippen molar-refractivity contribution in [3.05, 3.63) is 34.7 Å². The molecule has 3 nitrogen and oxygen atoms in total. The largest absolute Gasteiger partial charge is 0.289 e. The Labute approximate surface area is 102 Å². The summed E-state index contributed by atoms with van der Waals surface area (Å²) in [6, 6.07) is 1.84.